The van der Waals surface area contributed by atoms with Crippen molar-refractivity contribution in [3.63, 3.8) is 0 Å². The molecule has 0 unspecified atom stereocenters. The average molecular weight is 513 g/mol. The number of ether oxygens (including phenoxy) is 2. The van der Waals surface area contributed by atoms with Crippen LogP contribution >= 0.6 is 0 Å². The van der Waals surface area contributed by atoms with Crippen LogP contribution in [0, 0.1) is 12.7 Å². The van der Waals surface area contributed by atoms with Crippen molar-refractivity contribution in [2.24, 2.45) is 0 Å². The Hall–Kier alpha value is -3.93. The topological polar surface area (TPSA) is 122 Å². The summed E-state index contributed by atoms with van der Waals surface area (Å²) in [5, 5.41) is 7.67. The third-order valence-corrected chi connectivity index (χ3v) is 7.61. The molecule has 10 nitrogen and oxygen atoms in total. The number of sulfone groups is 1. The van der Waals surface area contributed by atoms with Crippen LogP contribution in [0.3, 0.4) is 0 Å². The molecule has 1 atom stereocenters. The van der Waals surface area contributed by atoms with Gasteiger partial charge in [-0.2, -0.15) is 0 Å². The van der Waals surface area contributed by atoms with Gasteiger partial charge < -0.3 is 9.47 Å². The fourth-order valence-corrected chi connectivity index (χ4v) is 4.92. The predicted molar refractivity (Wildman–Crippen MR) is 130 cm³/mol. The fourth-order valence-electron chi connectivity index (χ4n) is 3.68. The third-order valence-electron chi connectivity index (χ3n) is 5.56. The molecule has 0 aliphatic carbocycles. The molecule has 0 radical (unpaired) electrons. The first-order valence-corrected chi connectivity index (χ1v) is 12.7. The number of benzene rings is 1. The van der Waals surface area contributed by atoms with Gasteiger partial charge in [-0.3, -0.25) is 4.57 Å². The van der Waals surface area contributed by atoms with Gasteiger partial charge in [0.2, 0.25) is 0 Å². The van der Waals surface area contributed by atoms with Gasteiger partial charge >= 0.3 is 0 Å². The number of aryl methyl sites for hydroxylation is 1. The number of hydrogen-bond donors (Lipinski definition) is 0. The van der Waals surface area contributed by atoms with Crippen molar-refractivity contribution in [1.82, 2.24) is 29.7 Å². The van der Waals surface area contributed by atoms with E-state index >= 15 is 0 Å². The Bertz CT molecular complexity index is 1450. The molecule has 0 spiro atoms. The molecule has 3 heterocycles. The van der Waals surface area contributed by atoms with Gasteiger partial charge in [-0.05, 0) is 38.1 Å². The molecule has 1 aromatic carbocycles. The lowest BCUT2D eigenvalue weighted by atomic mass is 10.2. The number of methoxy groups -OCH3 is 2. The Morgan fingerprint density at radius 1 is 1.00 bits per heavy atom. The molecular weight excluding hydrogens is 487 g/mol. The standard InChI is InChI=1S/C24H25FN6O4S/c1-15-7-5-8-18(28-15)24-30-29-22(31(24)23-19(34-3)9-6-10-20(23)35-4)14-36(32,33)16(2)11-21-26-12-17(25)13-27-21/h5-10,12-13,16H,11,14H2,1-4H3/t16-/m0/s1. The van der Waals surface area contributed by atoms with Crippen molar-refractivity contribution in [3.05, 3.63) is 72.0 Å². The molecule has 0 aliphatic rings. The lowest BCUT2D eigenvalue weighted by molar-refractivity contribution is 0.390. The average Bonchev–Trinajstić information content (AvgIpc) is 3.27. The highest BCUT2D eigenvalue weighted by atomic mass is 32.2. The highest BCUT2D eigenvalue weighted by Crippen LogP contribution is 2.36. The molecule has 0 bridgehead atoms. The van der Waals surface area contributed by atoms with E-state index in [0.29, 0.717) is 28.7 Å². The number of rotatable bonds is 9. The van der Waals surface area contributed by atoms with Crippen molar-refractivity contribution in [1.29, 1.82) is 0 Å². The number of hydrogen-bond acceptors (Lipinski definition) is 9. The maximum Gasteiger partial charge on any atom is 0.187 e. The summed E-state index contributed by atoms with van der Waals surface area (Å²) in [6, 6.07) is 10.7. The number of aromatic nitrogens is 6. The van der Waals surface area contributed by atoms with E-state index in [1.54, 1.807) is 35.8 Å². The zero-order valence-corrected chi connectivity index (χ0v) is 21.0. The van der Waals surface area contributed by atoms with Crippen LogP contribution in [0.1, 0.15) is 24.3 Å². The molecule has 0 amide bonds. The first kappa shape index (κ1) is 25.2. The molecule has 188 valence electrons. The van der Waals surface area contributed by atoms with Crippen LogP contribution in [0.5, 0.6) is 11.5 Å². The Morgan fingerprint density at radius 3 is 2.25 bits per heavy atom. The summed E-state index contributed by atoms with van der Waals surface area (Å²) in [6.45, 7) is 3.40. The Labute approximate surface area is 208 Å². The summed E-state index contributed by atoms with van der Waals surface area (Å²) >= 11 is 0. The highest BCUT2D eigenvalue weighted by molar-refractivity contribution is 7.91. The van der Waals surface area contributed by atoms with Crippen LogP contribution in [0.2, 0.25) is 0 Å². The SMILES string of the molecule is COc1cccc(OC)c1-n1c(CS(=O)(=O)[C@@H](C)Cc2ncc(F)cn2)nnc1-c1cccc(C)n1. The molecular formula is C24H25FN6O4S. The smallest absolute Gasteiger partial charge is 0.187 e. The Balaban J connectivity index is 1.81. The lowest BCUT2D eigenvalue weighted by Crippen LogP contribution is -2.24. The Morgan fingerprint density at radius 2 is 1.64 bits per heavy atom. The number of pyridine rings is 1. The molecule has 0 aliphatic heterocycles. The molecule has 0 saturated heterocycles. The van der Waals surface area contributed by atoms with E-state index in [1.807, 2.05) is 19.1 Å². The van der Waals surface area contributed by atoms with E-state index < -0.39 is 26.7 Å². The van der Waals surface area contributed by atoms with Gasteiger partial charge in [0.05, 0.1) is 31.9 Å². The molecule has 0 fully saturated rings. The summed E-state index contributed by atoms with van der Waals surface area (Å²) < 4.78 is 52.6. The maximum atomic E-state index is 13.4. The minimum absolute atomic E-state index is 0.0149. The van der Waals surface area contributed by atoms with Crippen LogP contribution < -0.4 is 9.47 Å². The molecule has 0 N–H and O–H groups in total. The normalized spacial score (nSPS) is 12.4. The quantitative estimate of drug-likeness (QED) is 0.333. The third kappa shape index (κ3) is 5.18. The van der Waals surface area contributed by atoms with Crippen molar-refractivity contribution < 1.29 is 22.3 Å². The van der Waals surface area contributed by atoms with Gasteiger partial charge in [0.1, 0.15) is 34.5 Å². The summed E-state index contributed by atoms with van der Waals surface area (Å²) in [4.78, 5) is 12.3. The molecule has 3 aromatic heterocycles. The number of nitrogens with zero attached hydrogens (tertiary/aromatic N) is 6. The molecule has 36 heavy (non-hydrogen) atoms. The second kappa shape index (κ2) is 10.4. The van der Waals surface area contributed by atoms with Crippen LogP contribution in [-0.2, 0) is 22.0 Å². The van der Waals surface area contributed by atoms with Crippen LogP contribution in [-0.4, -0.2) is 57.6 Å². The molecule has 4 rings (SSSR count). The fraction of sp³-hybridized carbons (Fsp3) is 0.292. The predicted octanol–water partition coefficient (Wildman–Crippen LogP) is 3.13. The Kier molecular flexibility index (Phi) is 7.25. The minimum Gasteiger partial charge on any atom is -0.494 e. The zero-order chi connectivity index (χ0) is 25.9. The van der Waals surface area contributed by atoms with Crippen LogP contribution in [0.15, 0.2) is 48.8 Å². The zero-order valence-electron chi connectivity index (χ0n) is 20.2. The van der Waals surface area contributed by atoms with Crippen molar-refractivity contribution in [3.8, 4) is 28.7 Å². The van der Waals surface area contributed by atoms with Crippen LogP contribution in [0.25, 0.3) is 17.2 Å². The molecule has 12 heteroatoms. The number of para-hydroxylation sites is 1. The maximum absolute atomic E-state index is 13.4. The van der Waals surface area contributed by atoms with Gasteiger partial charge in [0, 0.05) is 12.1 Å². The van der Waals surface area contributed by atoms with E-state index in [-0.39, 0.29) is 18.1 Å². The first-order valence-electron chi connectivity index (χ1n) is 11.0. The number of halogens is 1. The molecule has 0 saturated carbocycles. The van der Waals surface area contributed by atoms with Gasteiger partial charge in [0.15, 0.2) is 27.3 Å². The first-order chi connectivity index (χ1) is 17.2. The van der Waals surface area contributed by atoms with Gasteiger partial charge in [0.25, 0.3) is 0 Å². The van der Waals surface area contributed by atoms with Crippen molar-refractivity contribution in [2.75, 3.05) is 14.2 Å². The lowest BCUT2D eigenvalue weighted by Gasteiger charge is -2.18. The summed E-state index contributed by atoms with van der Waals surface area (Å²) in [7, 11) is -0.751. The van der Waals surface area contributed by atoms with Crippen molar-refractivity contribution in [2.45, 2.75) is 31.3 Å². The summed E-state index contributed by atoms with van der Waals surface area (Å²) in [5.74, 6) is 0.568. The van der Waals surface area contributed by atoms with Gasteiger partial charge in [-0.1, -0.05) is 12.1 Å². The van der Waals surface area contributed by atoms with E-state index in [9.17, 15) is 12.8 Å². The highest BCUT2D eigenvalue weighted by Gasteiger charge is 2.29. The van der Waals surface area contributed by atoms with Crippen molar-refractivity contribution >= 4 is 9.84 Å². The minimum atomic E-state index is -3.77. The van der Waals surface area contributed by atoms with Gasteiger partial charge in [-0.15, -0.1) is 10.2 Å². The summed E-state index contributed by atoms with van der Waals surface area (Å²) in [6.07, 6.45) is 2.03. The second-order valence-corrected chi connectivity index (χ2v) is 10.5. The summed E-state index contributed by atoms with van der Waals surface area (Å²) in [5.41, 5.74) is 1.72. The van der Waals surface area contributed by atoms with Crippen LogP contribution in [0.4, 0.5) is 4.39 Å². The van der Waals surface area contributed by atoms with E-state index in [0.717, 1.165) is 18.1 Å². The van der Waals surface area contributed by atoms with E-state index in [2.05, 4.69) is 25.1 Å². The van der Waals surface area contributed by atoms with E-state index in [4.69, 9.17) is 9.47 Å². The van der Waals surface area contributed by atoms with E-state index in [1.165, 1.54) is 14.2 Å². The largest absolute Gasteiger partial charge is 0.494 e. The monoisotopic (exact) mass is 512 g/mol. The molecule has 4 aromatic rings. The van der Waals surface area contributed by atoms with Gasteiger partial charge in [-0.25, -0.2) is 27.8 Å². The second-order valence-electron chi connectivity index (χ2n) is 8.09.